The second-order valence-corrected chi connectivity index (χ2v) is 5.79. The molecule has 0 saturated heterocycles. The third kappa shape index (κ3) is 2.97. The number of aromatic nitrogens is 3. The van der Waals surface area contributed by atoms with Gasteiger partial charge in [0.25, 0.3) is 0 Å². The molecule has 0 bridgehead atoms. The van der Waals surface area contributed by atoms with Gasteiger partial charge < -0.3 is 0 Å². The van der Waals surface area contributed by atoms with E-state index in [1.54, 1.807) is 4.68 Å². The smallest absolute Gasteiger partial charge is 0.171 e. The highest BCUT2D eigenvalue weighted by molar-refractivity contribution is 14.1. The first-order chi connectivity index (χ1) is 8.61. The molecule has 1 aromatic heterocycles. The number of Topliss-reactive ketones (excluding diaryl/α,β-unsaturated/α-hetero) is 1. The monoisotopic (exact) mass is 419 g/mol. The Labute approximate surface area is 127 Å². The Balaban J connectivity index is 2.25. The number of hydrogen-bond acceptors (Lipinski definition) is 3. The summed E-state index contributed by atoms with van der Waals surface area (Å²) in [5, 5.41) is 4.06. The second kappa shape index (κ2) is 5.92. The van der Waals surface area contributed by atoms with Crippen LogP contribution in [0.3, 0.4) is 0 Å². The van der Waals surface area contributed by atoms with Gasteiger partial charge in [-0.1, -0.05) is 15.9 Å². The lowest BCUT2D eigenvalue weighted by atomic mass is 10.1. The van der Waals surface area contributed by atoms with Gasteiger partial charge in [-0.05, 0) is 47.7 Å². The van der Waals surface area contributed by atoms with Crippen LogP contribution in [0.25, 0.3) is 0 Å². The lowest BCUT2D eigenvalue weighted by Gasteiger charge is -2.05. The molecule has 2 aromatic rings. The van der Waals surface area contributed by atoms with E-state index in [9.17, 15) is 4.79 Å². The normalized spacial score (nSPS) is 10.6. The van der Waals surface area contributed by atoms with E-state index in [1.807, 2.05) is 25.1 Å². The summed E-state index contributed by atoms with van der Waals surface area (Å²) < 4.78 is 3.59. The van der Waals surface area contributed by atoms with E-state index in [-0.39, 0.29) is 12.2 Å². The summed E-state index contributed by atoms with van der Waals surface area (Å²) in [6.07, 6.45) is 1.76. The van der Waals surface area contributed by atoms with E-state index in [2.05, 4.69) is 48.6 Å². The highest BCUT2D eigenvalue weighted by Crippen LogP contribution is 2.19. The third-order valence-electron chi connectivity index (χ3n) is 2.54. The van der Waals surface area contributed by atoms with E-state index in [0.29, 0.717) is 5.82 Å². The van der Waals surface area contributed by atoms with Gasteiger partial charge >= 0.3 is 0 Å². The molecule has 6 heteroatoms. The molecular weight excluding hydrogens is 409 g/mol. The maximum absolute atomic E-state index is 12.2. The van der Waals surface area contributed by atoms with Crippen LogP contribution in [-0.2, 0) is 13.0 Å². The van der Waals surface area contributed by atoms with Crippen LogP contribution in [0.1, 0.15) is 23.1 Å². The minimum absolute atomic E-state index is 0.0587. The predicted octanol–water partition coefficient (Wildman–Crippen LogP) is 3.09. The van der Waals surface area contributed by atoms with Gasteiger partial charge in [-0.25, -0.2) is 9.67 Å². The van der Waals surface area contributed by atoms with E-state index < -0.39 is 0 Å². The molecule has 0 spiro atoms. The van der Waals surface area contributed by atoms with Crippen molar-refractivity contribution in [1.82, 2.24) is 14.8 Å². The van der Waals surface area contributed by atoms with Crippen molar-refractivity contribution in [3.05, 3.63) is 44.0 Å². The molecule has 1 aromatic carbocycles. The van der Waals surface area contributed by atoms with Crippen LogP contribution in [0.2, 0.25) is 0 Å². The number of ketones is 1. The number of carbonyl (C=O) groups is 1. The van der Waals surface area contributed by atoms with Gasteiger partial charge in [-0.3, -0.25) is 4.79 Å². The SMILES string of the molecule is CCn1ncnc1CC(=O)c1cc(Br)ccc1I. The minimum atomic E-state index is 0.0587. The fourth-order valence-electron chi connectivity index (χ4n) is 1.64. The lowest BCUT2D eigenvalue weighted by molar-refractivity contribution is 0.0988. The Kier molecular flexibility index (Phi) is 4.50. The predicted molar refractivity (Wildman–Crippen MR) is 80.6 cm³/mol. The largest absolute Gasteiger partial charge is 0.294 e. The Morgan fingerprint density at radius 3 is 3.00 bits per heavy atom. The molecule has 0 N–H and O–H groups in total. The summed E-state index contributed by atoms with van der Waals surface area (Å²) in [4.78, 5) is 16.4. The molecule has 0 aliphatic carbocycles. The molecule has 0 unspecified atom stereocenters. The maximum atomic E-state index is 12.2. The summed E-state index contributed by atoms with van der Waals surface area (Å²) in [5.74, 6) is 0.765. The van der Waals surface area contributed by atoms with Crippen LogP contribution in [0.15, 0.2) is 29.0 Å². The Morgan fingerprint density at radius 2 is 2.28 bits per heavy atom. The van der Waals surface area contributed by atoms with Crippen molar-refractivity contribution >= 4 is 44.3 Å². The zero-order valence-corrected chi connectivity index (χ0v) is 13.5. The highest BCUT2D eigenvalue weighted by Gasteiger charge is 2.14. The average Bonchev–Trinajstić information content (AvgIpc) is 2.79. The van der Waals surface area contributed by atoms with Gasteiger partial charge in [0.1, 0.15) is 12.2 Å². The summed E-state index contributed by atoms with van der Waals surface area (Å²) in [5.41, 5.74) is 0.718. The van der Waals surface area contributed by atoms with Crippen LogP contribution >= 0.6 is 38.5 Å². The molecule has 18 heavy (non-hydrogen) atoms. The fraction of sp³-hybridized carbons (Fsp3) is 0.250. The molecule has 0 radical (unpaired) electrons. The van der Waals surface area contributed by atoms with Crippen molar-refractivity contribution in [1.29, 1.82) is 0 Å². The quantitative estimate of drug-likeness (QED) is 0.565. The molecule has 0 atom stereocenters. The van der Waals surface area contributed by atoms with Crippen LogP contribution in [0, 0.1) is 3.57 Å². The van der Waals surface area contributed by atoms with E-state index in [4.69, 9.17) is 0 Å². The standard InChI is InChI=1S/C12H11BrIN3O/c1-2-17-12(15-7-16-17)6-11(18)9-5-8(13)3-4-10(9)14/h3-5,7H,2,6H2,1H3. The molecule has 1 heterocycles. The van der Waals surface area contributed by atoms with Gasteiger partial charge in [0.2, 0.25) is 0 Å². The number of rotatable bonds is 4. The van der Waals surface area contributed by atoms with Gasteiger partial charge in [0, 0.05) is 20.2 Å². The third-order valence-corrected chi connectivity index (χ3v) is 3.98. The van der Waals surface area contributed by atoms with Gasteiger partial charge in [0.15, 0.2) is 5.78 Å². The first-order valence-electron chi connectivity index (χ1n) is 5.46. The van der Waals surface area contributed by atoms with Crippen molar-refractivity contribution in [2.24, 2.45) is 0 Å². The fourth-order valence-corrected chi connectivity index (χ4v) is 2.64. The van der Waals surface area contributed by atoms with E-state index in [1.165, 1.54) is 6.33 Å². The first kappa shape index (κ1) is 13.7. The Morgan fingerprint density at radius 1 is 1.50 bits per heavy atom. The summed E-state index contributed by atoms with van der Waals surface area (Å²) in [6.45, 7) is 2.70. The van der Waals surface area contributed by atoms with Gasteiger partial charge in [-0.2, -0.15) is 5.10 Å². The van der Waals surface area contributed by atoms with Crippen molar-refractivity contribution in [2.75, 3.05) is 0 Å². The van der Waals surface area contributed by atoms with E-state index >= 15 is 0 Å². The summed E-state index contributed by atoms with van der Waals surface area (Å²) in [7, 11) is 0. The zero-order chi connectivity index (χ0) is 13.1. The average molecular weight is 420 g/mol. The van der Waals surface area contributed by atoms with Crippen LogP contribution in [0.4, 0.5) is 0 Å². The van der Waals surface area contributed by atoms with Crippen molar-refractivity contribution in [3.8, 4) is 0 Å². The molecule has 4 nitrogen and oxygen atoms in total. The molecule has 2 rings (SSSR count). The molecule has 0 saturated carbocycles. The van der Waals surface area contributed by atoms with Crippen molar-refractivity contribution in [3.63, 3.8) is 0 Å². The maximum Gasteiger partial charge on any atom is 0.171 e. The van der Waals surface area contributed by atoms with E-state index in [0.717, 1.165) is 20.2 Å². The number of hydrogen-bond donors (Lipinski definition) is 0. The first-order valence-corrected chi connectivity index (χ1v) is 7.34. The molecule has 0 amide bonds. The molecular formula is C12H11BrIN3O. The number of nitrogens with zero attached hydrogens (tertiary/aromatic N) is 3. The van der Waals surface area contributed by atoms with Gasteiger partial charge in [0.05, 0.1) is 6.42 Å². The molecule has 0 aliphatic heterocycles. The highest BCUT2D eigenvalue weighted by atomic mass is 127. The lowest BCUT2D eigenvalue weighted by Crippen LogP contribution is -2.11. The number of carbonyl (C=O) groups excluding carboxylic acids is 1. The Hall–Kier alpha value is -0.760. The number of benzene rings is 1. The van der Waals surface area contributed by atoms with Crippen molar-refractivity contribution < 1.29 is 4.79 Å². The number of aryl methyl sites for hydroxylation is 1. The molecule has 0 aliphatic rings. The minimum Gasteiger partial charge on any atom is -0.294 e. The summed E-state index contributed by atoms with van der Waals surface area (Å²) >= 11 is 5.55. The van der Waals surface area contributed by atoms with Crippen molar-refractivity contribution in [2.45, 2.75) is 19.9 Å². The molecule has 0 fully saturated rings. The zero-order valence-electron chi connectivity index (χ0n) is 9.73. The van der Waals surface area contributed by atoms with Crippen LogP contribution < -0.4 is 0 Å². The summed E-state index contributed by atoms with van der Waals surface area (Å²) in [6, 6.07) is 5.69. The second-order valence-electron chi connectivity index (χ2n) is 3.72. The molecule has 94 valence electrons. The number of halogens is 2. The topological polar surface area (TPSA) is 47.8 Å². The van der Waals surface area contributed by atoms with Crippen LogP contribution in [-0.4, -0.2) is 20.5 Å². The Bertz CT molecular complexity index is 582. The van der Waals surface area contributed by atoms with Crippen LogP contribution in [0.5, 0.6) is 0 Å². The van der Waals surface area contributed by atoms with Gasteiger partial charge in [-0.15, -0.1) is 0 Å².